The Labute approximate surface area is 53.6 Å². The van der Waals surface area contributed by atoms with Crippen LogP contribution in [0.4, 0.5) is 0 Å². The summed E-state index contributed by atoms with van der Waals surface area (Å²) in [5.74, 6) is 1.27. The van der Waals surface area contributed by atoms with Gasteiger partial charge in [-0.15, -0.1) is 6.42 Å². The third-order valence-corrected chi connectivity index (χ3v) is 0.630. The molecule has 0 amide bonds. The lowest BCUT2D eigenvalue weighted by molar-refractivity contribution is -0.154. The van der Waals surface area contributed by atoms with E-state index in [4.69, 9.17) is 6.42 Å². The fourth-order valence-electron chi connectivity index (χ4n) is 0.230. The van der Waals surface area contributed by atoms with Gasteiger partial charge in [-0.2, -0.15) is 0 Å². The zero-order valence-electron chi connectivity index (χ0n) is 5.09. The van der Waals surface area contributed by atoms with Gasteiger partial charge in [-0.05, 0) is 6.92 Å². The second-order valence-corrected chi connectivity index (χ2v) is 1.45. The van der Waals surface area contributed by atoms with E-state index in [1.54, 1.807) is 0 Å². The molecule has 1 atom stereocenters. The maximum atomic E-state index is 10.3. The van der Waals surface area contributed by atoms with Crippen LogP contribution in [0.2, 0.25) is 0 Å². The molecule has 0 spiro atoms. The van der Waals surface area contributed by atoms with Crippen molar-refractivity contribution < 1.29 is 14.6 Å². The Kier molecular flexibility index (Phi) is 3.49. The smallest absolute Gasteiger partial charge is 0.339 e. The molecule has 1 radical (unpaired) electrons. The van der Waals surface area contributed by atoms with Crippen LogP contribution in [-0.4, -0.2) is 18.7 Å². The predicted molar refractivity (Wildman–Crippen MR) is 29.9 cm³/mol. The number of hydrogen-bond acceptors (Lipinski definition) is 2. The number of rotatable bonds is 2. The Bertz CT molecular complexity index is 132. The second-order valence-electron chi connectivity index (χ2n) is 1.45. The van der Waals surface area contributed by atoms with Crippen LogP contribution in [0.15, 0.2) is 0 Å². The Morgan fingerprint density at radius 3 is 2.78 bits per heavy atom. The van der Waals surface area contributed by atoms with Gasteiger partial charge in [-0.1, -0.05) is 5.92 Å². The maximum Gasteiger partial charge on any atom is 0.339 e. The summed E-state index contributed by atoms with van der Waals surface area (Å²) in [6.45, 7) is 1.09. The van der Waals surface area contributed by atoms with Crippen LogP contribution < -0.4 is 0 Å². The average Bonchev–Trinajstić information content (AvgIpc) is 1.82. The molecule has 0 rings (SSSR count). The van der Waals surface area contributed by atoms with E-state index in [9.17, 15) is 9.90 Å². The van der Waals surface area contributed by atoms with Gasteiger partial charge in [0, 0.05) is 0 Å². The van der Waals surface area contributed by atoms with Crippen LogP contribution in [0.5, 0.6) is 0 Å². The minimum atomic E-state index is -1.33. The van der Waals surface area contributed by atoms with Crippen molar-refractivity contribution in [3.63, 3.8) is 0 Å². The molecule has 0 aliphatic heterocycles. The van der Waals surface area contributed by atoms with Crippen LogP contribution >= 0.6 is 0 Å². The molecule has 0 aromatic heterocycles. The topological polar surface area (TPSA) is 46.2 Å². The van der Waals surface area contributed by atoms with E-state index in [-0.39, 0.29) is 6.61 Å². The van der Waals surface area contributed by atoms with Gasteiger partial charge in [-0.25, -0.2) is 9.90 Å². The van der Waals surface area contributed by atoms with Crippen molar-refractivity contribution >= 4 is 5.97 Å². The molecular weight excluding hydrogens is 120 g/mol. The summed E-state index contributed by atoms with van der Waals surface area (Å²) in [6, 6.07) is 0. The molecule has 0 aromatic carbocycles. The first-order valence-electron chi connectivity index (χ1n) is 2.44. The summed E-state index contributed by atoms with van der Waals surface area (Å²) < 4.78 is 4.27. The fourth-order valence-corrected chi connectivity index (χ4v) is 0.230. The number of esters is 1. The largest absolute Gasteiger partial charge is 0.451 e. The van der Waals surface area contributed by atoms with Gasteiger partial charge in [0.1, 0.15) is 0 Å². The van der Waals surface area contributed by atoms with Crippen LogP contribution in [0.25, 0.3) is 0 Å². The van der Waals surface area contributed by atoms with Crippen molar-refractivity contribution in [1.29, 1.82) is 0 Å². The summed E-state index contributed by atoms with van der Waals surface area (Å²) in [5.41, 5.74) is 0. The molecule has 9 heavy (non-hydrogen) atoms. The van der Waals surface area contributed by atoms with Crippen LogP contribution in [0, 0.1) is 12.3 Å². The summed E-state index contributed by atoms with van der Waals surface area (Å²) in [6.07, 6.45) is 3.41. The standard InChI is InChI=1S/C6H7O3/c1-3-4-9-6(8)5(2)7/h1,5H,4H2,2H3. The first-order valence-corrected chi connectivity index (χ1v) is 2.44. The Balaban J connectivity index is 3.42. The Morgan fingerprint density at radius 1 is 1.89 bits per heavy atom. The Morgan fingerprint density at radius 2 is 2.44 bits per heavy atom. The van der Waals surface area contributed by atoms with E-state index in [0.717, 1.165) is 0 Å². The Hall–Kier alpha value is -1.01. The fraction of sp³-hybridized carbons (Fsp3) is 0.500. The maximum absolute atomic E-state index is 10.3. The van der Waals surface area contributed by atoms with Crippen molar-refractivity contribution in [3.05, 3.63) is 0 Å². The predicted octanol–water partition coefficient (Wildman–Crippen LogP) is -0.0182. The van der Waals surface area contributed by atoms with Gasteiger partial charge >= 0.3 is 5.97 Å². The van der Waals surface area contributed by atoms with Crippen molar-refractivity contribution in [1.82, 2.24) is 0 Å². The SMILES string of the molecule is C#CCOC(=O)C(C)[O]. The normalized spacial score (nSPS) is 11.7. The molecule has 1 unspecified atom stereocenters. The van der Waals surface area contributed by atoms with Crippen LogP contribution in [0.3, 0.4) is 0 Å². The van der Waals surface area contributed by atoms with Crippen molar-refractivity contribution in [2.24, 2.45) is 0 Å². The molecule has 0 bridgehead atoms. The van der Waals surface area contributed by atoms with E-state index in [1.165, 1.54) is 6.92 Å². The molecule has 3 heteroatoms. The lowest BCUT2D eigenvalue weighted by Crippen LogP contribution is -2.17. The number of ether oxygens (including phenoxy) is 1. The van der Waals surface area contributed by atoms with Crippen LogP contribution in [0.1, 0.15) is 6.92 Å². The van der Waals surface area contributed by atoms with E-state index in [1.807, 2.05) is 0 Å². The van der Waals surface area contributed by atoms with E-state index in [2.05, 4.69) is 10.7 Å². The number of terminal acetylenes is 1. The molecule has 0 saturated carbocycles. The summed E-state index contributed by atoms with van der Waals surface area (Å²) in [5, 5.41) is 10.2. The molecule has 0 aliphatic carbocycles. The average molecular weight is 127 g/mol. The molecule has 49 valence electrons. The molecule has 0 N–H and O–H groups in total. The third kappa shape index (κ3) is 3.56. The second kappa shape index (κ2) is 3.93. The molecular formula is C6H7O3. The third-order valence-electron chi connectivity index (χ3n) is 0.630. The minimum absolute atomic E-state index is 0.120. The number of carbonyl (C=O) groups excluding carboxylic acids is 1. The molecule has 0 aromatic rings. The van der Waals surface area contributed by atoms with Gasteiger partial charge in [0.2, 0.25) is 0 Å². The highest BCUT2D eigenvalue weighted by atomic mass is 16.5. The van der Waals surface area contributed by atoms with E-state index in [0.29, 0.717) is 0 Å². The highest BCUT2D eigenvalue weighted by Crippen LogP contribution is 1.85. The highest BCUT2D eigenvalue weighted by molar-refractivity contribution is 5.73. The van der Waals surface area contributed by atoms with Crippen LogP contribution in [-0.2, 0) is 14.6 Å². The van der Waals surface area contributed by atoms with Crippen molar-refractivity contribution in [2.45, 2.75) is 13.0 Å². The van der Waals surface area contributed by atoms with Crippen molar-refractivity contribution in [2.75, 3.05) is 6.61 Å². The molecule has 0 saturated heterocycles. The quantitative estimate of drug-likeness (QED) is 0.386. The number of carbonyl (C=O) groups is 1. The van der Waals surface area contributed by atoms with Gasteiger partial charge in [0.15, 0.2) is 12.7 Å². The first kappa shape index (κ1) is 7.99. The minimum Gasteiger partial charge on any atom is -0.451 e. The summed E-state index contributed by atoms with van der Waals surface area (Å²) in [7, 11) is 0. The van der Waals surface area contributed by atoms with Crippen molar-refractivity contribution in [3.8, 4) is 12.3 Å². The summed E-state index contributed by atoms with van der Waals surface area (Å²) >= 11 is 0. The van der Waals surface area contributed by atoms with Gasteiger partial charge in [0.05, 0.1) is 0 Å². The molecule has 0 aliphatic rings. The zero-order valence-corrected chi connectivity index (χ0v) is 5.09. The van der Waals surface area contributed by atoms with Gasteiger partial charge in [0.25, 0.3) is 0 Å². The monoisotopic (exact) mass is 127 g/mol. The van der Waals surface area contributed by atoms with Gasteiger partial charge < -0.3 is 4.74 Å². The van der Waals surface area contributed by atoms with E-state index < -0.39 is 12.1 Å². The zero-order chi connectivity index (χ0) is 7.28. The first-order chi connectivity index (χ1) is 4.18. The molecule has 3 nitrogen and oxygen atoms in total. The lowest BCUT2D eigenvalue weighted by atomic mass is 10.4. The highest BCUT2D eigenvalue weighted by Gasteiger charge is 2.10. The van der Waals surface area contributed by atoms with E-state index >= 15 is 0 Å². The molecule has 0 fully saturated rings. The molecule has 0 heterocycles. The summed E-state index contributed by atoms with van der Waals surface area (Å²) in [4.78, 5) is 10.3. The number of hydrogen-bond donors (Lipinski definition) is 0. The van der Waals surface area contributed by atoms with Gasteiger partial charge in [-0.3, -0.25) is 0 Å². The lowest BCUT2D eigenvalue weighted by Gasteiger charge is -1.98.